The van der Waals surface area contributed by atoms with Crippen molar-refractivity contribution in [1.82, 2.24) is 15.1 Å². The summed E-state index contributed by atoms with van der Waals surface area (Å²) in [5.74, 6) is -3.05. The number of carbonyl (C=O) groups is 1. The molecular formula is C26H33F2N3O2. The van der Waals surface area contributed by atoms with Crippen molar-refractivity contribution in [2.75, 3.05) is 0 Å². The molecule has 178 valence electrons. The number of benzene rings is 1. The highest BCUT2D eigenvalue weighted by atomic mass is 19.3. The van der Waals surface area contributed by atoms with Gasteiger partial charge in [0.1, 0.15) is 0 Å². The minimum absolute atomic E-state index is 0.133. The van der Waals surface area contributed by atoms with Crippen LogP contribution in [0.15, 0.2) is 24.3 Å². The monoisotopic (exact) mass is 457 g/mol. The Morgan fingerprint density at radius 3 is 2.61 bits per heavy atom. The van der Waals surface area contributed by atoms with Crippen molar-refractivity contribution in [3.8, 4) is 11.3 Å². The van der Waals surface area contributed by atoms with E-state index in [0.717, 1.165) is 53.8 Å². The number of hydrogen-bond acceptors (Lipinski definition) is 3. The van der Waals surface area contributed by atoms with Crippen LogP contribution in [0, 0.1) is 5.92 Å². The first-order valence-electron chi connectivity index (χ1n) is 12.1. The van der Waals surface area contributed by atoms with Crippen LogP contribution in [0.1, 0.15) is 82.2 Å². The molecule has 3 aliphatic rings. The molecule has 1 atom stereocenters. The largest absolute Gasteiger partial charge is 0.385 e. The molecule has 2 aromatic rings. The van der Waals surface area contributed by atoms with Crippen LogP contribution in [-0.4, -0.2) is 32.3 Å². The van der Waals surface area contributed by atoms with E-state index in [1.54, 1.807) is 6.92 Å². The molecule has 33 heavy (non-hydrogen) atoms. The first-order chi connectivity index (χ1) is 15.5. The normalized spacial score (nSPS) is 24.5. The summed E-state index contributed by atoms with van der Waals surface area (Å²) in [6.07, 6.45) is 3.98. The number of amides is 1. The first kappa shape index (κ1) is 22.5. The van der Waals surface area contributed by atoms with Crippen LogP contribution in [0.5, 0.6) is 0 Å². The first-order valence-corrected chi connectivity index (χ1v) is 12.1. The van der Waals surface area contributed by atoms with Crippen LogP contribution in [0.4, 0.5) is 8.78 Å². The van der Waals surface area contributed by atoms with Gasteiger partial charge >= 0.3 is 0 Å². The Labute approximate surface area is 193 Å². The predicted molar refractivity (Wildman–Crippen MR) is 122 cm³/mol. The van der Waals surface area contributed by atoms with Gasteiger partial charge in [0.25, 0.3) is 5.92 Å². The molecule has 0 bridgehead atoms. The van der Waals surface area contributed by atoms with Crippen LogP contribution < -0.4 is 5.32 Å². The third-order valence-corrected chi connectivity index (χ3v) is 7.74. The van der Waals surface area contributed by atoms with Crippen molar-refractivity contribution >= 4 is 5.91 Å². The zero-order valence-corrected chi connectivity index (χ0v) is 19.6. The van der Waals surface area contributed by atoms with E-state index in [4.69, 9.17) is 5.10 Å². The topological polar surface area (TPSA) is 67.1 Å². The molecule has 1 amide bonds. The summed E-state index contributed by atoms with van der Waals surface area (Å²) in [5, 5.41) is 18.7. The molecule has 3 aliphatic carbocycles. The second-order valence-corrected chi connectivity index (χ2v) is 11.0. The Morgan fingerprint density at radius 2 is 2.00 bits per heavy atom. The summed E-state index contributed by atoms with van der Waals surface area (Å²) < 4.78 is 28.8. The number of nitrogens with zero attached hydrogens (tertiary/aromatic N) is 2. The van der Waals surface area contributed by atoms with E-state index in [1.807, 2.05) is 22.9 Å². The Kier molecular flexibility index (Phi) is 5.20. The summed E-state index contributed by atoms with van der Waals surface area (Å²) >= 11 is 0. The molecule has 2 saturated carbocycles. The molecule has 0 aliphatic heterocycles. The van der Waals surface area contributed by atoms with Gasteiger partial charge in [0.2, 0.25) is 5.91 Å². The molecule has 1 heterocycles. The van der Waals surface area contributed by atoms with Crippen LogP contribution in [0.25, 0.3) is 11.3 Å². The summed E-state index contributed by atoms with van der Waals surface area (Å²) in [7, 11) is 0. The van der Waals surface area contributed by atoms with E-state index >= 15 is 0 Å². The van der Waals surface area contributed by atoms with Gasteiger partial charge in [0, 0.05) is 53.6 Å². The third-order valence-electron chi connectivity index (χ3n) is 7.74. The molecule has 0 radical (unpaired) electrons. The van der Waals surface area contributed by atoms with Crippen molar-refractivity contribution in [3.05, 3.63) is 41.1 Å². The molecule has 0 saturated heterocycles. The number of halogens is 2. The van der Waals surface area contributed by atoms with Crippen molar-refractivity contribution in [3.63, 3.8) is 0 Å². The highest BCUT2D eigenvalue weighted by Gasteiger charge is 2.54. The highest BCUT2D eigenvalue weighted by Crippen LogP contribution is 2.46. The number of nitrogens with one attached hydrogen (secondary N) is 1. The second-order valence-electron chi connectivity index (χ2n) is 11.0. The van der Waals surface area contributed by atoms with E-state index in [9.17, 15) is 18.7 Å². The van der Waals surface area contributed by atoms with E-state index in [-0.39, 0.29) is 30.7 Å². The second kappa shape index (κ2) is 7.62. The number of carbonyl (C=O) groups excluding carboxylic acids is 1. The maximum Gasteiger partial charge on any atom is 0.252 e. The third kappa shape index (κ3) is 3.98. The van der Waals surface area contributed by atoms with Crippen molar-refractivity contribution < 1.29 is 18.7 Å². The lowest BCUT2D eigenvalue weighted by molar-refractivity contribution is -0.146. The van der Waals surface area contributed by atoms with Crippen molar-refractivity contribution in [2.45, 2.75) is 95.2 Å². The van der Waals surface area contributed by atoms with Crippen LogP contribution >= 0.6 is 0 Å². The Balaban J connectivity index is 1.41. The van der Waals surface area contributed by atoms with E-state index in [1.165, 1.54) is 0 Å². The fourth-order valence-electron chi connectivity index (χ4n) is 5.85. The number of aliphatic hydroxyl groups is 1. The fourth-order valence-corrected chi connectivity index (χ4v) is 5.85. The SMILES string of the molecule is CC(C)n1nc(-c2cccc(C3(O)CCC3)c2)c2c1C[C@H](C(=O)NC1(C)CC(F)(F)C1)CC2. The van der Waals surface area contributed by atoms with Gasteiger partial charge in [-0.1, -0.05) is 18.2 Å². The maximum absolute atomic E-state index is 13.4. The van der Waals surface area contributed by atoms with E-state index in [0.29, 0.717) is 12.8 Å². The lowest BCUT2D eigenvalue weighted by atomic mass is 9.74. The molecule has 1 aromatic carbocycles. The highest BCUT2D eigenvalue weighted by molar-refractivity contribution is 5.80. The smallest absolute Gasteiger partial charge is 0.252 e. The quantitative estimate of drug-likeness (QED) is 0.670. The average Bonchev–Trinajstić information content (AvgIpc) is 3.09. The van der Waals surface area contributed by atoms with Gasteiger partial charge < -0.3 is 10.4 Å². The Morgan fingerprint density at radius 1 is 1.27 bits per heavy atom. The van der Waals surface area contributed by atoms with Crippen LogP contribution in [0.3, 0.4) is 0 Å². The lowest BCUT2D eigenvalue weighted by Gasteiger charge is -2.46. The number of hydrogen-bond donors (Lipinski definition) is 2. The molecular weight excluding hydrogens is 424 g/mol. The van der Waals surface area contributed by atoms with Gasteiger partial charge in [-0.15, -0.1) is 0 Å². The predicted octanol–water partition coefficient (Wildman–Crippen LogP) is 4.91. The van der Waals surface area contributed by atoms with Crippen molar-refractivity contribution in [2.24, 2.45) is 5.92 Å². The zero-order chi connectivity index (χ0) is 23.6. The van der Waals surface area contributed by atoms with Crippen LogP contribution in [-0.2, 0) is 23.2 Å². The van der Waals surface area contributed by atoms with E-state index in [2.05, 4.69) is 25.2 Å². The van der Waals surface area contributed by atoms with Gasteiger partial charge in [-0.25, -0.2) is 8.78 Å². The number of aromatic nitrogens is 2. The number of alkyl halides is 2. The fraction of sp³-hybridized carbons (Fsp3) is 0.615. The van der Waals surface area contributed by atoms with Crippen LogP contribution in [0.2, 0.25) is 0 Å². The van der Waals surface area contributed by atoms with Gasteiger partial charge in [-0.05, 0) is 64.5 Å². The Hall–Kier alpha value is -2.28. The molecule has 1 aromatic heterocycles. The van der Waals surface area contributed by atoms with E-state index < -0.39 is 17.1 Å². The lowest BCUT2D eigenvalue weighted by Crippen LogP contribution is -2.61. The minimum Gasteiger partial charge on any atom is -0.385 e. The molecule has 0 spiro atoms. The molecule has 2 fully saturated rings. The van der Waals surface area contributed by atoms with Crippen molar-refractivity contribution in [1.29, 1.82) is 0 Å². The van der Waals surface area contributed by atoms with Gasteiger partial charge in [-0.3, -0.25) is 9.48 Å². The van der Waals surface area contributed by atoms with Gasteiger partial charge in [0.05, 0.1) is 11.3 Å². The summed E-state index contributed by atoms with van der Waals surface area (Å²) in [6.45, 7) is 5.85. The maximum atomic E-state index is 13.4. The molecule has 2 N–H and O–H groups in total. The molecule has 5 nitrogen and oxygen atoms in total. The summed E-state index contributed by atoms with van der Waals surface area (Å²) in [4.78, 5) is 13.0. The molecule has 5 rings (SSSR count). The molecule has 0 unspecified atom stereocenters. The summed E-state index contributed by atoms with van der Waals surface area (Å²) in [6, 6.07) is 8.20. The molecule has 7 heteroatoms. The standard InChI is InChI=1S/C26H33F2N3O2/c1-16(2)31-21-13-18(23(32)29-24(3)14-26(27,28)15-24)8-9-20(21)22(30-31)17-6-4-7-19(12-17)25(33)10-5-11-25/h4,6-7,12,16,18,33H,5,8-11,13-15H2,1-3H3,(H,29,32)/t18-/m1/s1. The average molecular weight is 458 g/mol. The number of fused-ring (bicyclic) bond motifs is 1. The summed E-state index contributed by atoms with van der Waals surface area (Å²) in [5.41, 5.74) is 3.54. The number of rotatable bonds is 5. The zero-order valence-electron chi connectivity index (χ0n) is 19.6. The minimum atomic E-state index is -2.67. The van der Waals surface area contributed by atoms with Gasteiger partial charge in [-0.2, -0.15) is 5.10 Å². The Bertz CT molecular complexity index is 1080. The van der Waals surface area contributed by atoms with Gasteiger partial charge in [0.15, 0.2) is 0 Å².